The van der Waals surface area contributed by atoms with Gasteiger partial charge in [0.15, 0.2) is 6.79 Å². The Morgan fingerprint density at radius 1 is 0.960 bits per heavy atom. The summed E-state index contributed by atoms with van der Waals surface area (Å²) in [4.78, 5) is 0.957. The molecule has 2 aromatic carbocycles. The average molecular weight is 370 g/mol. The van der Waals surface area contributed by atoms with E-state index >= 15 is 0 Å². The lowest BCUT2D eigenvalue weighted by molar-refractivity contribution is -0.137. The fraction of sp³-hybridized carbons (Fsp3) is 0.368. The second-order valence-corrected chi connectivity index (χ2v) is 6.48. The van der Waals surface area contributed by atoms with Crippen molar-refractivity contribution in [2.75, 3.05) is 19.2 Å². The van der Waals surface area contributed by atoms with E-state index in [1.807, 2.05) is 25.1 Å². The Hall–Kier alpha value is -1.66. The summed E-state index contributed by atoms with van der Waals surface area (Å²) in [5.74, 6) is 1.66. The predicted octanol–water partition coefficient (Wildman–Crippen LogP) is 6.25. The molecule has 25 heavy (non-hydrogen) atoms. The van der Waals surface area contributed by atoms with Gasteiger partial charge in [-0.2, -0.15) is 13.2 Å². The van der Waals surface area contributed by atoms with E-state index < -0.39 is 11.7 Å². The van der Waals surface area contributed by atoms with Crippen LogP contribution in [-0.4, -0.2) is 19.2 Å². The molecule has 0 N–H and O–H groups in total. The van der Waals surface area contributed by atoms with E-state index in [1.54, 1.807) is 11.8 Å². The van der Waals surface area contributed by atoms with Gasteiger partial charge in [-0.3, -0.25) is 0 Å². The van der Waals surface area contributed by atoms with Crippen LogP contribution in [0.2, 0.25) is 0 Å². The van der Waals surface area contributed by atoms with Gasteiger partial charge in [0.05, 0.1) is 10.5 Å². The lowest BCUT2D eigenvalue weighted by Gasteiger charge is -2.13. The molecule has 6 heteroatoms. The van der Waals surface area contributed by atoms with Crippen molar-refractivity contribution in [3.63, 3.8) is 0 Å². The summed E-state index contributed by atoms with van der Waals surface area (Å²) < 4.78 is 48.9. The van der Waals surface area contributed by atoms with Crippen molar-refractivity contribution in [3.05, 3.63) is 48.0 Å². The zero-order valence-electron chi connectivity index (χ0n) is 14.2. The molecule has 0 heterocycles. The maximum atomic E-state index is 12.7. The molecular formula is C19H21F3O2S. The van der Waals surface area contributed by atoms with Crippen molar-refractivity contribution in [3.8, 4) is 16.9 Å². The highest BCUT2D eigenvalue weighted by molar-refractivity contribution is 7.99. The van der Waals surface area contributed by atoms with Crippen LogP contribution < -0.4 is 4.74 Å². The molecule has 0 atom stereocenters. The standard InChI is InChI=1S/C19H21F3O2S/c1-3-11-25-18-12-15(7-10-17(18)24-13-23-4-2)14-5-8-16(9-6-14)19(20,21)22/h5-10,12H,3-4,11,13H2,1-2H3. The third-order valence-corrected chi connectivity index (χ3v) is 4.70. The van der Waals surface area contributed by atoms with Crippen LogP contribution in [0, 0.1) is 0 Å². The topological polar surface area (TPSA) is 18.5 Å². The van der Waals surface area contributed by atoms with Gasteiger partial charge >= 0.3 is 6.18 Å². The van der Waals surface area contributed by atoms with E-state index in [1.165, 1.54) is 12.1 Å². The number of hydrogen-bond acceptors (Lipinski definition) is 3. The van der Waals surface area contributed by atoms with Crippen molar-refractivity contribution in [1.29, 1.82) is 0 Å². The molecule has 0 amide bonds. The molecule has 0 aromatic heterocycles. The van der Waals surface area contributed by atoms with Gasteiger partial charge in [-0.15, -0.1) is 11.8 Å². The van der Waals surface area contributed by atoms with E-state index in [4.69, 9.17) is 9.47 Å². The monoisotopic (exact) mass is 370 g/mol. The minimum atomic E-state index is -4.32. The Kier molecular flexibility index (Phi) is 7.20. The SMILES string of the molecule is CCCSc1cc(-c2ccc(C(F)(F)F)cc2)ccc1OCOCC. The number of halogens is 3. The molecule has 0 spiro atoms. The first-order valence-electron chi connectivity index (χ1n) is 8.10. The van der Waals surface area contributed by atoms with Crippen LogP contribution in [0.4, 0.5) is 13.2 Å². The van der Waals surface area contributed by atoms with Crippen molar-refractivity contribution < 1.29 is 22.6 Å². The molecule has 0 aliphatic heterocycles. The molecule has 136 valence electrons. The van der Waals surface area contributed by atoms with E-state index in [0.717, 1.165) is 46.1 Å². The van der Waals surface area contributed by atoms with Crippen LogP contribution in [0.1, 0.15) is 25.8 Å². The normalized spacial score (nSPS) is 11.6. The molecular weight excluding hydrogens is 349 g/mol. The minimum absolute atomic E-state index is 0.176. The van der Waals surface area contributed by atoms with Gasteiger partial charge in [0, 0.05) is 6.61 Å². The zero-order valence-corrected chi connectivity index (χ0v) is 15.0. The summed E-state index contributed by atoms with van der Waals surface area (Å²) in [5, 5.41) is 0. The van der Waals surface area contributed by atoms with Crippen LogP contribution in [0.5, 0.6) is 5.75 Å². The average Bonchev–Trinajstić information content (AvgIpc) is 2.60. The molecule has 0 aliphatic carbocycles. The summed E-state index contributed by atoms with van der Waals surface area (Å²) in [6, 6.07) is 10.8. The van der Waals surface area contributed by atoms with Crippen molar-refractivity contribution in [2.24, 2.45) is 0 Å². The van der Waals surface area contributed by atoms with Gasteiger partial charge in [0.2, 0.25) is 0 Å². The Bertz CT molecular complexity index is 669. The third kappa shape index (κ3) is 5.68. The number of benzene rings is 2. The third-order valence-electron chi connectivity index (χ3n) is 3.45. The number of rotatable bonds is 8. The summed E-state index contributed by atoms with van der Waals surface area (Å²) in [6.45, 7) is 4.73. The number of hydrogen-bond donors (Lipinski definition) is 0. The molecule has 0 bridgehead atoms. The van der Waals surface area contributed by atoms with Gasteiger partial charge < -0.3 is 9.47 Å². The van der Waals surface area contributed by atoms with Crippen LogP contribution in [0.15, 0.2) is 47.4 Å². The van der Waals surface area contributed by atoms with Gasteiger partial charge in [-0.1, -0.05) is 25.1 Å². The van der Waals surface area contributed by atoms with Crippen LogP contribution in [0.25, 0.3) is 11.1 Å². The van der Waals surface area contributed by atoms with E-state index in [-0.39, 0.29) is 6.79 Å². The predicted molar refractivity (Wildman–Crippen MR) is 95.0 cm³/mol. The van der Waals surface area contributed by atoms with Crippen molar-refractivity contribution in [1.82, 2.24) is 0 Å². The summed E-state index contributed by atoms with van der Waals surface area (Å²) in [7, 11) is 0. The first-order valence-corrected chi connectivity index (χ1v) is 9.09. The highest BCUT2D eigenvalue weighted by Gasteiger charge is 2.29. The maximum absolute atomic E-state index is 12.7. The zero-order chi connectivity index (χ0) is 18.3. The second kappa shape index (κ2) is 9.15. The first kappa shape index (κ1) is 19.7. The second-order valence-electron chi connectivity index (χ2n) is 5.34. The number of ether oxygens (including phenoxy) is 2. The molecule has 2 aromatic rings. The van der Waals surface area contributed by atoms with Gasteiger partial charge in [-0.25, -0.2) is 0 Å². The minimum Gasteiger partial charge on any atom is -0.466 e. The van der Waals surface area contributed by atoms with E-state index in [2.05, 4.69) is 6.92 Å². The fourth-order valence-corrected chi connectivity index (χ4v) is 3.08. The Balaban J connectivity index is 2.25. The summed E-state index contributed by atoms with van der Waals surface area (Å²) >= 11 is 1.66. The Labute approximate surface area is 150 Å². The Morgan fingerprint density at radius 2 is 1.64 bits per heavy atom. The van der Waals surface area contributed by atoms with E-state index in [0.29, 0.717) is 6.61 Å². The fourth-order valence-electron chi connectivity index (χ4n) is 2.17. The first-order chi connectivity index (χ1) is 12.0. The molecule has 0 unspecified atom stereocenters. The lowest BCUT2D eigenvalue weighted by atomic mass is 10.0. The van der Waals surface area contributed by atoms with Crippen molar-refractivity contribution >= 4 is 11.8 Å². The highest BCUT2D eigenvalue weighted by Crippen LogP contribution is 2.35. The molecule has 2 rings (SSSR count). The number of alkyl halides is 3. The quantitative estimate of drug-likeness (QED) is 0.311. The lowest BCUT2D eigenvalue weighted by Crippen LogP contribution is -2.04. The molecule has 0 radical (unpaired) electrons. The summed E-state index contributed by atoms with van der Waals surface area (Å²) in [6.07, 6.45) is -3.31. The van der Waals surface area contributed by atoms with Crippen molar-refractivity contribution in [2.45, 2.75) is 31.3 Å². The van der Waals surface area contributed by atoms with Crippen LogP contribution in [-0.2, 0) is 10.9 Å². The van der Waals surface area contributed by atoms with Gasteiger partial charge in [0.1, 0.15) is 5.75 Å². The summed E-state index contributed by atoms with van der Waals surface area (Å²) in [5.41, 5.74) is 0.951. The molecule has 2 nitrogen and oxygen atoms in total. The van der Waals surface area contributed by atoms with Gasteiger partial charge in [0.25, 0.3) is 0 Å². The maximum Gasteiger partial charge on any atom is 0.416 e. The molecule has 0 saturated carbocycles. The molecule has 0 saturated heterocycles. The van der Waals surface area contributed by atoms with Gasteiger partial charge in [-0.05, 0) is 54.5 Å². The van der Waals surface area contributed by atoms with Crippen LogP contribution in [0.3, 0.4) is 0 Å². The molecule has 0 aliphatic rings. The van der Waals surface area contributed by atoms with E-state index in [9.17, 15) is 13.2 Å². The largest absolute Gasteiger partial charge is 0.466 e. The highest BCUT2D eigenvalue weighted by atomic mass is 32.2. The smallest absolute Gasteiger partial charge is 0.416 e. The Morgan fingerprint density at radius 3 is 2.24 bits per heavy atom. The molecule has 0 fully saturated rings. The van der Waals surface area contributed by atoms with Crippen LogP contribution >= 0.6 is 11.8 Å². The number of thioether (sulfide) groups is 1.